The summed E-state index contributed by atoms with van der Waals surface area (Å²) in [5.74, 6) is 2.09. The van der Waals surface area contributed by atoms with E-state index in [4.69, 9.17) is 10.2 Å². The van der Waals surface area contributed by atoms with Gasteiger partial charge in [-0.25, -0.2) is 0 Å². The van der Waals surface area contributed by atoms with Gasteiger partial charge in [0.25, 0.3) is 0 Å². The molecule has 1 aromatic heterocycles. The molecule has 1 fully saturated rings. The molecular formula is C15H26N2O. The maximum absolute atomic E-state index is 5.96. The lowest BCUT2D eigenvalue weighted by molar-refractivity contribution is 0.125. The normalized spacial score (nSPS) is 19.3. The van der Waals surface area contributed by atoms with Crippen LogP contribution in [0.5, 0.6) is 0 Å². The van der Waals surface area contributed by atoms with Crippen LogP contribution in [0.2, 0.25) is 0 Å². The Hall–Kier alpha value is -0.800. The molecule has 2 rings (SSSR count). The van der Waals surface area contributed by atoms with Gasteiger partial charge in [0.2, 0.25) is 0 Å². The minimum atomic E-state index is 0.230. The van der Waals surface area contributed by atoms with Crippen LogP contribution in [-0.2, 0) is 6.42 Å². The first kappa shape index (κ1) is 13.6. The Kier molecular flexibility index (Phi) is 4.84. The van der Waals surface area contributed by atoms with Crippen LogP contribution in [0.25, 0.3) is 0 Å². The molecule has 3 heteroatoms. The van der Waals surface area contributed by atoms with Gasteiger partial charge in [-0.1, -0.05) is 26.2 Å². The monoisotopic (exact) mass is 250 g/mol. The third kappa shape index (κ3) is 2.96. The van der Waals surface area contributed by atoms with Crippen LogP contribution in [0.15, 0.2) is 16.5 Å². The Bertz CT molecular complexity index is 355. The summed E-state index contributed by atoms with van der Waals surface area (Å²) in [5, 5.41) is 0. The molecule has 1 saturated carbocycles. The molecule has 0 spiro atoms. The molecule has 0 bridgehead atoms. The van der Waals surface area contributed by atoms with Gasteiger partial charge in [-0.2, -0.15) is 0 Å². The van der Waals surface area contributed by atoms with Gasteiger partial charge in [0.15, 0.2) is 0 Å². The van der Waals surface area contributed by atoms with E-state index in [0.29, 0.717) is 12.6 Å². The maximum Gasteiger partial charge on any atom is 0.122 e. The Balaban J connectivity index is 2.06. The molecule has 3 nitrogen and oxygen atoms in total. The van der Waals surface area contributed by atoms with Gasteiger partial charge in [0.05, 0.1) is 6.04 Å². The molecule has 1 aliphatic carbocycles. The zero-order valence-corrected chi connectivity index (χ0v) is 11.7. The third-order valence-corrected chi connectivity index (χ3v) is 4.22. The summed E-state index contributed by atoms with van der Waals surface area (Å²) in [7, 11) is 2.20. The number of aryl methyl sites for hydroxylation is 1. The van der Waals surface area contributed by atoms with E-state index in [1.165, 1.54) is 32.1 Å². The third-order valence-electron chi connectivity index (χ3n) is 4.22. The van der Waals surface area contributed by atoms with Crippen molar-refractivity contribution in [1.29, 1.82) is 0 Å². The number of nitrogens with zero attached hydrogens (tertiary/aromatic N) is 1. The second-order valence-electron chi connectivity index (χ2n) is 5.37. The predicted molar refractivity (Wildman–Crippen MR) is 74.5 cm³/mol. The van der Waals surface area contributed by atoms with Crippen molar-refractivity contribution >= 4 is 0 Å². The fraction of sp³-hybridized carbons (Fsp3) is 0.733. The van der Waals surface area contributed by atoms with Gasteiger partial charge in [0, 0.05) is 19.0 Å². The van der Waals surface area contributed by atoms with Crippen molar-refractivity contribution in [3.8, 4) is 0 Å². The number of nitrogens with two attached hydrogens (primary N) is 1. The van der Waals surface area contributed by atoms with Crippen LogP contribution >= 0.6 is 0 Å². The van der Waals surface area contributed by atoms with E-state index < -0.39 is 0 Å². The first-order valence-electron chi connectivity index (χ1n) is 7.26. The second kappa shape index (κ2) is 6.39. The average Bonchev–Trinajstić information content (AvgIpc) is 2.89. The molecule has 1 aromatic rings. The fourth-order valence-corrected chi connectivity index (χ4v) is 2.99. The van der Waals surface area contributed by atoms with Crippen molar-refractivity contribution in [2.45, 2.75) is 57.5 Å². The predicted octanol–water partition coefficient (Wildman–Crippen LogP) is 3.11. The number of likely N-dealkylation sites (N-methyl/N-ethyl adjacent to an activating group) is 1. The largest absolute Gasteiger partial charge is 0.464 e. The molecule has 1 atom stereocenters. The van der Waals surface area contributed by atoms with Crippen LogP contribution in [0, 0.1) is 0 Å². The summed E-state index contributed by atoms with van der Waals surface area (Å²) in [4.78, 5) is 2.43. The quantitative estimate of drug-likeness (QED) is 0.873. The minimum Gasteiger partial charge on any atom is -0.464 e. The number of rotatable bonds is 5. The molecule has 1 unspecified atom stereocenters. The molecule has 0 amide bonds. The molecule has 1 aliphatic rings. The summed E-state index contributed by atoms with van der Waals surface area (Å²) in [6.07, 6.45) is 7.64. The average molecular weight is 250 g/mol. The molecule has 0 radical (unpaired) electrons. The lowest BCUT2D eigenvalue weighted by Gasteiger charge is -2.35. The number of hydrogen-bond acceptors (Lipinski definition) is 3. The Morgan fingerprint density at radius 1 is 1.33 bits per heavy atom. The highest BCUT2D eigenvalue weighted by atomic mass is 16.3. The Morgan fingerprint density at radius 2 is 2.06 bits per heavy atom. The van der Waals surface area contributed by atoms with Crippen molar-refractivity contribution in [2.75, 3.05) is 13.6 Å². The zero-order valence-electron chi connectivity index (χ0n) is 11.7. The van der Waals surface area contributed by atoms with Gasteiger partial charge in [0.1, 0.15) is 11.5 Å². The van der Waals surface area contributed by atoms with Crippen molar-refractivity contribution in [1.82, 2.24) is 4.90 Å². The van der Waals surface area contributed by atoms with E-state index in [2.05, 4.69) is 31.0 Å². The number of furan rings is 1. The summed E-state index contributed by atoms with van der Waals surface area (Å²) in [5.41, 5.74) is 5.96. The van der Waals surface area contributed by atoms with Crippen LogP contribution in [0.3, 0.4) is 0 Å². The summed E-state index contributed by atoms with van der Waals surface area (Å²) in [6.45, 7) is 2.74. The maximum atomic E-state index is 5.96. The Labute approximate surface area is 110 Å². The molecule has 0 saturated heterocycles. The van der Waals surface area contributed by atoms with Crippen LogP contribution in [0.4, 0.5) is 0 Å². The first-order chi connectivity index (χ1) is 8.76. The van der Waals surface area contributed by atoms with E-state index in [1.54, 1.807) is 0 Å². The van der Waals surface area contributed by atoms with E-state index in [1.807, 2.05) is 0 Å². The molecule has 0 aromatic carbocycles. The van der Waals surface area contributed by atoms with E-state index in [9.17, 15) is 0 Å². The first-order valence-corrected chi connectivity index (χ1v) is 7.26. The van der Waals surface area contributed by atoms with Crippen LogP contribution < -0.4 is 5.73 Å². The van der Waals surface area contributed by atoms with E-state index in [-0.39, 0.29) is 6.04 Å². The highest BCUT2D eigenvalue weighted by Crippen LogP contribution is 2.29. The summed E-state index contributed by atoms with van der Waals surface area (Å²) >= 11 is 0. The highest BCUT2D eigenvalue weighted by Gasteiger charge is 2.26. The molecule has 18 heavy (non-hydrogen) atoms. The molecule has 2 N–H and O–H groups in total. The van der Waals surface area contributed by atoms with E-state index in [0.717, 1.165) is 17.9 Å². The lowest BCUT2D eigenvalue weighted by atomic mass is 9.93. The molecule has 0 aliphatic heterocycles. The fourth-order valence-electron chi connectivity index (χ4n) is 2.99. The van der Waals surface area contributed by atoms with Crippen molar-refractivity contribution in [3.05, 3.63) is 23.7 Å². The molecule has 1 heterocycles. The summed E-state index contributed by atoms with van der Waals surface area (Å²) < 4.78 is 5.88. The lowest BCUT2D eigenvalue weighted by Crippen LogP contribution is -2.39. The zero-order chi connectivity index (χ0) is 13.0. The van der Waals surface area contributed by atoms with Crippen molar-refractivity contribution in [2.24, 2.45) is 5.73 Å². The van der Waals surface area contributed by atoms with Gasteiger partial charge in [-0.05, 0) is 32.0 Å². The number of hydrogen-bond donors (Lipinski definition) is 1. The van der Waals surface area contributed by atoms with E-state index >= 15 is 0 Å². The Morgan fingerprint density at radius 3 is 2.61 bits per heavy atom. The summed E-state index contributed by atoms with van der Waals surface area (Å²) in [6, 6.07) is 5.07. The molecule has 102 valence electrons. The molecular weight excluding hydrogens is 224 g/mol. The van der Waals surface area contributed by atoms with Gasteiger partial charge >= 0.3 is 0 Å². The second-order valence-corrected chi connectivity index (χ2v) is 5.37. The minimum absolute atomic E-state index is 0.230. The topological polar surface area (TPSA) is 42.4 Å². The van der Waals surface area contributed by atoms with Crippen molar-refractivity contribution < 1.29 is 4.42 Å². The van der Waals surface area contributed by atoms with Crippen LogP contribution in [0.1, 0.15) is 56.6 Å². The van der Waals surface area contributed by atoms with Gasteiger partial charge < -0.3 is 10.2 Å². The standard InChI is InChI=1S/C15H26N2O/c1-3-13-9-10-15(18-13)14(11-16)17(2)12-7-5-4-6-8-12/h9-10,12,14H,3-8,11,16H2,1-2H3. The highest BCUT2D eigenvalue weighted by molar-refractivity contribution is 5.11. The van der Waals surface area contributed by atoms with Crippen molar-refractivity contribution in [3.63, 3.8) is 0 Å². The SMILES string of the molecule is CCc1ccc(C(CN)N(C)C2CCCCC2)o1. The smallest absolute Gasteiger partial charge is 0.122 e. The van der Waals surface area contributed by atoms with Gasteiger partial charge in [-0.15, -0.1) is 0 Å². The van der Waals surface area contributed by atoms with Crippen LogP contribution in [-0.4, -0.2) is 24.5 Å². The van der Waals surface area contributed by atoms with Gasteiger partial charge in [-0.3, -0.25) is 4.90 Å².